The fourth-order valence-corrected chi connectivity index (χ4v) is 4.41. The first-order valence-electron chi connectivity index (χ1n) is 10.3. The van der Waals surface area contributed by atoms with Gasteiger partial charge in [-0.1, -0.05) is 36.4 Å². The van der Waals surface area contributed by atoms with Gasteiger partial charge >= 0.3 is 0 Å². The van der Waals surface area contributed by atoms with Crippen LogP contribution in [0.5, 0.6) is 0 Å². The van der Waals surface area contributed by atoms with Crippen molar-refractivity contribution in [3.05, 3.63) is 66.2 Å². The smallest absolute Gasteiger partial charge is 0.223 e. The third-order valence-corrected chi connectivity index (χ3v) is 6.02. The van der Waals surface area contributed by atoms with E-state index in [1.54, 1.807) is 6.07 Å². The van der Waals surface area contributed by atoms with Crippen LogP contribution >= 0.6 is 0 Å². The highest BCUT2D eigenvalue weighted by Gasteiger charge is 2.39. The van der Waals surface area contributed by atoms with Gasteiger partial charge in [-0.3, -0.25) is 4.79 Å². The minimum atomic E-state index is -0.256. The summed E-state index contributed by atoms with van der Waals surface area (Å²) in [5.41, 5.74) is 4.64. The monoisotopic (exact) mass is 389 g/mol. The van der Waals surface area contributed by atoms with Crippen LogP contribution in [0.1, 0.15) is 24.8 Å². The van der Waals surface area contributed by atoms with E-state index in [9.17, 15) is 9.18 Å². The molecule has 4 nitrogen and oxygen atoms in total. The molecule has 2 aromatic carbocycles. The van der Waals surface area contributed by atoms with Gasteiger partial charge < -0.3 is 9.47 Å². The molecule has 1 aliphatic heterocycles. The van der Waals surface area contributed by atoms with Gasteiger partial charge in [0.25, 0.3) is 0 Å². The molecule has 0 spiro atoms. The van der Waals surface area contributed by atoms with E-state index < -0.39 is 0 Å². The number of amides is 1. The van der Waals surface area contributed by atoms with Crippen LogP contribution in [0.2, 0.25) is 0 Å². The summed E-state index contributed by atoms with van der Waals surface area (Å²) in [7, 11) is 0. The lowest BCUT2D eigenvalue weighted by Crippen LogP contribution is -2.27. The zero-order valence-electron chi connectivity index (χ0n) is 16.5. The molecule has 1 unspecified atom stereocenters. The first-order valence-corrected chi connectivity index (χ1v) is 10.3. The van der Waals surface area contributed by atoms with Crippen molar-refractivity contribution < 1.29 is 9.18 Å². The Morgan fingerprint density at radius 1 is 1.14 bits per heavy atom. The van der Waals surface area contributed by atoms with Crippen molar-refractivity contribution in [1.29, 1.82) is 0 Å². The van der Waals surface area contributed by atoms with E-state index in [4.69, 9.17) is 4.98 Å². The number of nitrogens with zero attached hydrogens (tertiary/aromatic N) is 3. The fourth-order valence-electron chi connectivity index (χ4n) is 4.41. The standard InChI is InChI=1S/C24H24FN3O/c1-16-7-8-19(25)12-21(16)24-23(18-5-3-2-4-6-18)26-15-27(24)13-17-11-22(29)28(14-17)20-9-10-20/h2-8,12,15,17,20H,9-11,13-14H2,1H3. The lowest BCUT2D eigenvalue weighted by molar-refractivity contribution is -0.128. The Morgan fingerprint density at radius 2 is 1.93 bits per heavy atom. The van der Waals surface area contributed by atoms with Crippen molar-refractivity contribution in [2.75, 3.05) is 6.54 Å². The molecule has 1 saturated carbocycles. The Hall–Kier alpha value is -2.95. The Kier molecular flexibility index (Phi) is 4.46. The van der Waals surface area contributed by atoms with Crippen LogP contribution in [0.4, 0.5) is 4.39 Å². The van der Waals surface area contributed by atoms with Crippen LogP contribution in [0.25, 0.3) is 22.5 Å². The van der Waals surface area contributed by atoms with E-state index in [2.05, 4.69) is 4.57 Å². The molecule has 1 amide bonds. The summed E-state index contributed by atoms with van der Waals surface area (Å²) in [4.78, 5) is 19.1. The second-order valence-electron chi connectivity index (χ2n) is 8.27. The Balaban J connectivity index is 1.54. The number of imidazole rings is 1. The topological polar surface area (TPSA) is 38.1 Å². The Morgan fingerprint density at radius 3 is 2.69 bits per heavy atom. The summed E-state index contributed by atoms with van der Waals surface area (Å²) in [6.45, 7) is 3.51. The van der Waals surface area contributed by atoms with Crippen molar-refractivity contribution in [1.82, 2.24) is 14.5 Å². The number of rotatable bonds is 5. The molecule has 3 aromatic rings. The predicted octanol–water partition coefficient (Wildman–Crippen LogP) is 4.68. The minimum Gasteiger partial charge on any atom is -0.339 e. The van der Waals surface area contributed by atoms with E-state index in [0.29, 0.717) is 19.0 Å². The summed E-state index contributed by atoms with van der Waals surface area (Å²) in [6, 6.07) is 15.3. The molecular formula is C24H24FN3O. The van der Waals surface area contributed by atoms with Crippen molar-refractivity contribution in [3.8, 4) is 22.5 Å². The number of likely N-dealkylation sites (tertiary alicyclic amines) is 1. The maximum atomic E-state index is 14.1. The quantitative estimate of drug-likeness (QED) is 0.636. The number of aromatic nitrogens is 2. The molecule has 0 bridgehead atoms. The van der Waals surface area contributed by atoms with Crippen LogP contribution in [0, 0.1) is 18.7 Å². The molecule has 29 heavy (non-hydrogen) atoms. The first-order chi connectivity index (χ1) is 14.1. The molecule has 2 heterocycles. The van der Waals surface area contributed by atoms with E-state index in [1.165, 1.54) is 6.07 Å². The number of carbonyl (C=O) groups excluding carboxylic acids is 1. The molecule has 5 heteroatoms. The second kappa shape index (κ2) is 7.14. The molecule has 5 rings (SSSR count). The highest BCUT2D eigenvalue weighted by Crippen LogP contribution is 2.36. The number of benzene rings is 2. The molecule has 1 atom stereocenters. The van der Waals surface area contributed by atoms with E-state index in [0.717, 1.165) is 47.5 Å². The number of hydrogen-bond acceptors (Lipinski definition) is 2. The van der Waals surface area contributed by atoms with Gasteiger partial charge in [0.15, 0.2) is 0 Å². The number of hydrogen-bond donors (Lipinski definition) is 0. The Bertz CT molecular complexity index is 1060. The summed E-state index contributed by atoms with van der Waals surface area (Å²) in [5.74, 6) is 0.270. The molecule has 2 fully saturated rings. The van der Waals surface area contributed by atoms with Gasteiger partial charge in [-0.15, -0.1) is 0 Å². The second-order valence-corrected chi connectivity index (χ2v) is 8.27. The zero-order valence-corrected chi connectivity index (χ0v) is 16.5. The van der Waals surface area contributed by atoms with Crippen molar-refractivity contribution in [2.45, 2.75) is 38.8 Å². The fraction of sp³-hybridized carbons (Fsp3) is 0.333. The van der Waals surface area contributed by atoms with Gasteiger partial charge in [0.1, 0.15) is 5.82 Å². The van der Waals surface area contributed by atoms with Crippen LogP contribution in [-0.2, 0) is 11.3 Å². The third-order valence-electron chi connectivity index (χ3n) is 6.02. The SMILES string of the molecule is Cc1ccc(F)cc1-c1c(-c2ccccc2)ncn1CC1CC(=O)N(C2CC2)C1. The van der Waals surface area contributed by atoms with Crippen LogP contribution < -0.4 is 0 Å². The summed E-state index contributed by atoms with van der Waals surface area (Å²) in [5, 5.41) is 0. The zero-order chi connectivity index (χ0) is 20.0. The van der Waals surface area contributed by atoms with Gasteiger partial charge in [-0.05, 0) is 37.5 Å². The predicted molar refractivity (Wildman–Crippen MR) is 111 cm³/mol. The van der Waals surface area contributed by atoms with Crippen LogP contribution in [-0.4, -0.2) is 32.9 Å². The summed E-state index contributed by atoms with van der Waals surface area (Å²) >= 11 is 0. The molecule has 1 aliphatic carbocycles. The molecule has 0 N–H and O–H groups in total. The number of halogens is 1. The molecule has 0 radical (unpaired) electrons. The summed E-state index contributed by atoms with van der Waals surface area (Å²) < 4.78 is 16.2. The van der Waals surface area contributed by atoms with E-state index in [-0.39, 0.29) is 17.6 Å². The Labute approximate surface area is 170 Å². The minimum absolute atomic E-state index is 0.256. The average Bonchev–Trinajstić information content (AvgIpc) is 3.38. The van der Waals surface area contributed by atoms with Crippen molar-refractivity contribution >= 4 is 5.91 Å². The lowest BCUT2D eigenvalue weighted by atomic mass is 10.00. The molecule has 1 saturated heterocycles. The van der Waals surface area contributed by atoms with E-state index in [1.807, 2.05) is 54.5 Å². The van der Waals surface area contributed by atoms with Gasteiger partial charge in [0.2, 0.25) is 5.91 Å². The maximum absolute atomic E-state index is 14.1. The largest absolute Gasteiger partial charge is 0.339 e. The molecule has 1 aromatic heterocycles. The number of carbonyl (C=O) groups is 1. The van der Waals surface area contributed by atoms with Crippen LogP contribution in [0.15, 0.2) is 54.9 Å². The van der Waals surface area contributed by atoms with Gasteiger partial charge in [-0.25, -0.2) is 9.37 Å². The third kappa shape index (κ3) is 3.46. The maximum Gasteiger partial charge on any atom is 0.223 e. The highest BCUT2D eigenvalue weighted by atomic mass is 19.1. The van der Waals surface area contributed by atoms with Crippen molar-refractivity contribution in [2.24, 2.45) is 5.92 Å². The summed E-state index contributed by atoms with van der Waals surface area (Å²) in [6.07, 6.45) is 4.69. The van der Waals surface area contributed by atoms with E-state index >= 15 is 0 Å². The highest BCUT2D eigenvalue weighted by molar-refractivity contribution is 5.81. The molecule has 148 valence electrons. The van der Waals surface area contributed by atoms with Gasteiger partial charge in [0.05, 0.1) is 17.7 Å². The van der Waals surface area contributed by atoms with Gasteiger partial charge in [-0.2, -0.15) is 0 Å². The molecule has 2 aliphatic rings. The average molecular weight is 389 g/mol. The lowest BCUT2D eigenvalue weighted by Gasteiger charge is -2.18. The van der Waals surface area contributed by atoms with Gasteiger partial charge in [0, 0.05) is 42.6 Å². The normalized spacial score (nSPS) is 19.2. The number of aryl methyl sites for hydroxylation is 1. The van der Waals surface area contributed by atoms with Crippen molar-refractivity contribution in [3.63, 3.8) is 0 Å². The van der Waals surface area contributed by atoms with Crippen LogP contribution in [0.3, 0.4) is 0 Å². The first kappa shape index (κ1) is 18.1. The molecular weight excluding hydrogens is 365 g/mol.